The number of hydrogen-bond donors (Lipinski definition) is 2. The van der Waals surface area contributed by atoms with Gasteiger partial charge in [0, 0.05) is 19.7 Å². The summed E-state index contributed by atoms with van der Waals surface area (Å²) in [4.78, 5) is 34.6. The molecule has 0 radical (unpaired) electrons. The fourth-order valence-corrected chi connectivity index (χ4v) is 1.75. The molecule has 3 amide bonds. The van der Waals surface area contributed by atoms with E-state index in [0.29, 0.717) is 11.3 Å². The first kappa shape index (κ1) is 16.4. The van der Waals surface area contributed by atoms with Gasteiger partial charge in [-0.25, -0.2) is 4.79 Å². The first-order valence-corrected chi connectivity index (χ1v) is 6.29. The molecule has 0 heterocycles. The lowest BCUT2D eigenvalue weighted by Gasteiger charge is -2.21. The van der Waals surface area contributed by atoms with E-state index >= 15 is 0 Å². The lowest BCUT2D eigenvalue weighted by molar-refractivity contribution is -0.385. The summed E-state index contributed by atoms with van der Waals surface area (Å²) < 4.78 is 0. The number of rotatable bonds is 5. The number of urea groups is 1. The smallest absolute Gasteiger partial charge is 0.321 e. The van der Waals surface area contributed by atoms with Crippen molar-refractivity contribution in [1.29, 1.82) is 0 Å². The second-order valence-electron chi connectivity index (χ2n) is 4.82. The molecule has 114 valence electrons. The van der Waals surface area contributed by atoms with Gasteiger partial charge in [-0.15, -0.1) is 0 Å². The third-order valence-corrected chi connectivity index (χ3v) is 3.12. The van der Waals surface area contributed by atoms with E-state index in [1.807, 2.05) is 0 Å². The minimum Gasteiger partial charge on any atom is -0.369 e. The number of benzene rings is 1. The third kappa shape index (κ3) is 4.16. The van der Waals surface area contributed by atoms with Crippen LogP contribution in [-0.2, 0) is 4.79 Å². The van der Waals surface area contributed by atoms with Crippen molar-refractivity contribution in [1.82, 2.24) is 4.90 Å². The summed E-state index contributed by atoms with van der Waals surface area (Å²) in [7, 11) is 1.52. The van der Waals surface area contributed by atoms with Gasteiger partial charge < -0.3 is 16.0 Å². The molecule has 0 fully saturated rings. The van der Waals surface area contributed by atoms with Crippen LogP contribution in [0.3, 0.4) is 0 Å². The maximum atomic E-state index is 12.0. The van der Waals surface area contributed by atoms with E-state index < -0.39 is 22.8 Å². The van der Waals surface area contributed by atoms with Crippen molar-refractivity contribution < 1.29 is 14.5 Å². The maximum Gasteiger partial charge on any atom is 0.321 e. The molecule has 3 N–H and O–H groups in total. The fourth-order valence-electron chi connectivity index (χ4n) is 1.75. The third-order valence-electron chi connectivity index (χ3n) is 3.12. The van der Waals surface area contributed by atoms with Gasteiger partial charge in [0.05, 0.1) is 22.1 Å². The van der Waals surface area contributed by atoms with E-state index in [1.54, 1.807) is 19.9 Å². The number of nitrogens with one attached hydrogen (secondary N) is 1. The van der Waals surface area contributed by atoms with Gasteiger partial charge >= 0.3 is 6.03 Å². The van der Waals surface area contributed by atoms with Gasteiger partial charge in [-0.2, -0.15) is 0 Å². The molecule has 1 aromatic rings. The maximum absolute atomic E-state index is 12.0. The Labute approximate surface area is 122 Å². The normalized spacial score (nSPS) is 11.6. The molecular formula is C13H18N4O4. The summed E-state index contributed by atoms with van der Waals surface area (Å²) in [6.07, 6.45) is 0. The Bertz CT molecular complexity index is 573. The summed E-state index contributed by atoms with van der Waals surface area (Å²) in [6.45, 7) is 3.33. The lowest BCUT2D eigenvalue weighted by atomic mass is 10.1. The van der Waals surface area contributed by atoms with Gasteiger partial charge in [0.2, 0.25) is 5.91 Å². The van der Waals surface area contributed by atoms with E-state index in [1.165, 1.54) is 24.1 Å². The van der Waals surface area contributed by atoms with Crippen molar-refractivity contribution in [3.05, 3.63) is 33.9 Å². The summed E-state index contributed by atoms with van der Waals surface area (Å²) >= 11 is 0. The highest BCUT2D eigenvalue weighted by Crippen LogP contribution is 2.25. The number of nitrogens with zero attached hydrogens (tertiary/aromatic N) is 2. The SMILES string of the molecule is Cc1c(NC(=O)N(C)CC(C)C(N)=O)cccc1[N+](=O)[O-]. The van der Waals surface area contributed by atoms with Crippen molar-refractivity contribution in [3.8, 4) is 0 Å². The molecule has 8 heteroatoms. The summed E-state index contributed by atoms with van der Waals surface area (Å²) in [6, 6.07) is 3.97. The van der Waals surface area contributed by atoms with Crippen LogP contribution in [0, 0.1) is 23.0 Å². The zero-order valence-corrected chi connectivity index (χ0v) is 12.1. The van der Waals surface area contributed by atoms with E-state index in [4.69, 9.17) is 5.73 Å². The Morgan fingerprint density at radius 3 is 2.62 bits per heavy atom. The highest BCUT2D eigenvalue weighted by atomic mass is 16.6. The summed E-state index contributed by atoms with van der Waals surface area (Å²) in [5.74, 6) is -0.979. The minimum absolute atomic E-state index is 0.0686. The van der Waals surface area contributed by atoms with E-state index in [9.17, 15) is 19.7 Å². The first-order valence-electron chi connectivity index (χ1n) is 6.29. The summed E-state index contributed by atoms with van der Waals surface area (Å²) in [5.41, 5.74) is 5.80. The number of hydrogen-bond acceptors (Lipinski definition) is 4. The minimum atomic E-state index is -0.510. The second kappa shape index (κ2) is 6.69. The van der Waals surface area contributed by atoms with Crippen LogP contribution in [0.25, 0.3) is 0 Å². The Morgan fingerprint density at radius 2 is 2.10 bits per heavy atom. The van der Waals surface area contributed by atoms with Gasteiger partial charge in [0.25, 0.3) is 5.69 Å². The molecule has 0 aliphatic carbocycles. The first-order chi connectivity index (χ1) is 9.73. The highest BCUT2D eigenvalue weighted by Gasteiger charge is 2.19. The molecule has 0 bridgehead atoms. The van der Waals surface area contributed by atoms with Crippen LogP contribution in [0.4, 0.5) is 16.2 Å². The topological polar surface area (TPSA) is 119 Å². The van der Waals surface area contributed by atoms with Gasteiger partial charge in [-0.1, -0.05) is 13.0 Å². The average Bonchev–Trinajstić information content (AvgIpc) is 2.40. The average molecular weight is 294 g/mol. The number of nitro groups is 1. The second-order valence-corrected chi connectivity index (χ2v) is 4.82. The number of anilines is 1. The molecule has 1 unspecified atom stereocenters. The van der Waals surface area contributed by atoms with Crippen molar-refractivity contribution >= 4 is 23.3 Å². The molecule has 1 rings (SSSR count). The Balaban J connectivity index is 2.82. The number of carbonyl (C=O) groups excluding carboxylic acids is 2. The van der Waals surface area contributed by atoms with Crippen LogP contribution in [0.2, 0.25) is 0 Å². The van der Waals surface area contributed by atoms with Crippen LogP contribution in [0.15, 0.2) is 18.2 Å². The molecule has 0 aromatic heterocycles. The number of primary amides is 1. The Kier molecular flexibility index (Phi) is 5.23. The van der Waals surface area contributed by atoms with Crippen molar-refractivity contribution in [2.24, 2.45) is 11.7 Å². The molecular weight excluding hydrogens is 276 g/mol. The molecule has 8 nitrogen and oxygen atoms in total. The zero-order chi connectivity index (χ0) is 16.2. The van der Waals surface area contributed by atoms with Crippen molar-refractivity contribution in [3.63, 3.8) is 0 Å². The molecule has 0 spiro atoms. The predicted octanol–water partition coefficient (Wildman–Crippen LogP) is 1.49. The van der Waals surface area contributed by atoms with Crippen LogP contribution in [0.1, 0.15) is 12.5 Å². The molecule has 1 aromatic carbocycles. The van der Waals surface area contributed by atoms with Gasteiger partial charge in [0.15, 0.2) is 0 Å². The molecule has 1 atom stereocenters. The Hall–Kier alpha value is -2.64. The highest BCUT2D eigenvalue weighted by molar-refractivity contribution is 5.91. The quantitative estimate of drug-likeness (QED) is 0.631. The lowest BCUT2D eigenvalue weighted by Crippen LogP contribution is -2.38. The van der Waals surface area contributed by atoms with E-state index in [2.05, 4.69) is 5.32 Å². The van der Waals surface area contributed by atoms with Crippen molar-refractivity contribution in [2.75, 3.05) is 18.9 Å². The molecule has 0 aliphatic rings. The number of carbonyl (C=O) groups is 2. The number of nitrogens with two attached hydrogens (primary N) is 1. The van der Waals surface area contributed by atoms with Crippen LogP contribution >= 0.6 is 0 Å². The largest absolute Gasteiger partial charge is 0.369 e. The zero-order valence-electron chi connectivity index (χ0n) is 12.1. The van der Waals surface area contributed by atoms with E-state index in [-0.39, 0.29) is 12.2 Å². The summed E-state index contributed by atoms with van der Waals surface area (Å²) in [5, 5.41) is 13.4. The molecule has 21 heavy (non-hydrogen) atoms. The van der Waals surface area contributed by atoms with E-state index in [0.717, 1.165) is 0 Å². The standard InChI is InChI=1S/C13H18N4O4/c1-8(12(14)18)7-16(3)13(19)15-10-5-4-6-11(9(10)2)17(20)21/h4-6,8H,7H2,1-3H3,(H2,14,18)(H,15,19). The predicted molar refractivity (Wildman–Crippen MR) is 77.8 cm³/mol. The van der Waals surface area contributed by atoms with Crippen LogP contribution in [0.5, 0.6) is 0 Å². The van der Waals surface area contributed by atoms with Crippen LogP contribution in [-0.4, -0.2) is 35.4 Å². The van der Waals surface area contributed by atoms with Gasteiger partial charge in [0.1, 0.15) is 0 Å². The van der Waals surface area contributed by atoms with Gasteiger partial charge in [-0.3, -0.25) is 14.9 Å². The fraction of sp³-hybridized carbons (Fsp3) is 0.385. The van der Waals surface area contributed by atoms with Crippen LogP contribution < -0.4 is 11.1 Å². The van der Waals surface area contributed by atoms with Crippen molar-refractivity contribution in [2.45, 2.75) is 13.8 Å². The van der Waals surface area contributed by atoms with Gasteiger partial charge in [-0.05, 0) is 13.0 Å². The number of nitro benzene ring substituents is 1. The monoisotopic (exact) mass is 294 g/mol. The molecule has 0 aliphatic heterocycles. The Morgan fingerprint density at radius 1 is 1.48 bits per heavy atom. The molecule has 0 saturated heterocycles. The molecule has 0 saturated carbocycles. The number of amides is 3.